The maximum absolute atomic E-state index is 13.2. The van der Waals surface area contributed by atoms with Crippen molar-refractivity contribution in [1.29, 1.82) is 0 Å². The standard InChI is InChI=1S/C22H24FN3O5/c1-2-14(11-27)9-25-22(29)16-5-8-20(24-10-16)30-13-18-19(12-28)31-26-21(18)15-3-6-17(23)7-4-15/h3-8,10,14,27-28H,2,9,11-13H2,1H3,(H,25,29). The zero-order chi connectivity index (χ0) is 22.2. The number of halogens is 1. The highest BCUT2D eigenvalue weighted by Gasteiger charge is 2.18. The molecule has 0 bridgehead atoms. The van der Waals surface area contributed by atoms with E-state index in [0.29, 0.717) is 28.9 Å². The van der Waals surface area contributed by atoms with Gasteiger partial charge in [-0.05, 0) is 42.7 Å². The van der Waals surface area contributed by atoms with Gasteiger partial charge in [0.05, 0.1) is 11.1 Å². The number of nitrogens with one attached hydrogen (secondary N) is 1. The van der Waals surface area contributed by atoms with E-state index in [1.807, 2.05) is 6.92 Å². The molecule has 0 saturated heterocycles. The van der Waals surface area contributed by atoms with Gasteiger partial charge in [0, 0.05) is 31.0 Å². The minimum Gasteiger partial charge on any atom is -0.473 e. The number of ether oxygens (including phenoxy) is 1. The molecule has 31 heavy (non-hydrogen) atoms. The molecule has 1 aromatic carbocycles. The van der Waals surface area contributed by atoms with Crippen LogP contribution in [0, 0.1) is 11.7 Å². The quantitative estimate of drug-likeness (QED) is 0.453. The topological polar surface area (TPSA) is 118 Å². The first kappa shape index (κ1) is 22.4. The van der Waals surface area contributed by atoms with Gasteiger partial charge in [0.2, 0.25) is 5.88 Å². The Morgan fingerprint density at radius 1 is 1.23 bits per heavy atom. The van der Waals surface area contributed by atoms with Gasteiger partial charge in [-0.25, -0.2) is 9.37 Å². The summed E-state index contributed by atoms with van der Waals surface area (Å²) in [5.74, 6) is -0.134. The SMILES string of the molecule is CCC(CO)CNC(=O)c1ccc(OCc2c(-c3ccc(F)cc3)noc2CO)nc1. The second-order valence-corrected chi connectivity index (χ2v) is 6.94. The third-order valence-corrected chi connectivity index (χ3v) is 4.88. The fraction of sp³-hybridized carbons (Fsp3) is 0.318. The van der Waals surface area contributed by atoms with E-state index in [2.05, 4.69) is 15.5 Å². The number of rotatable bonds is 10. The van der Waals surface area contributed by atoms with Gasteiger partial charge >= 0.3 is 0 Å². The van der Waals surface area contributed by atoms with Gasteiger partial charge in [0.25, 0.3) is 5.91 Å². The van der Waals surface area contributed by atoms with Crippen LogP contribution in [0.15, 0.2) is 47.1 Å². The molecule has 0 aliphatic heterocycles. The number of pyridine rings is 1. The minimum absolute atomic E-state index is 0.0131. The van der Waals surface area contributed by atoms with Crippen LogP contribution in [0.3, 0.4) is 0 Å². The lowest BCUT2D eigenvalue weighted by atomic mass is 10.1. The molecule has 3 rings (SSSR count). The summed E-state index contributed by atoms with van der Waals surface area (Å²) in [5.41, 5.74) is 1.95. The van der Waals surface area contributed by atoms with Gasteiger partial charge < -0.3 is 24.8 Å². The number of amides is 1. The Morgan fingerprint density at radius 3 is 2.61 bits per heavy atom. The van der Waals surface area contributed by atoms with Gasteiger partial charge in [-0.3, -0.25) is 4.79 Å². The largest absolute Gasteiger partial charge is 0.473 e. The second-order valence-electron chi connectivity index (χ2n) is 6.94. The van der Waals surface area contributed by atoms with Gasteiger partial charge in [-0.2, -0.15) is 0 Å². The van der Waals surface area contributed by atoms with Crippen molar-refractivity contribution in [2.45, 2.75) is 26.6 Å². The van der Waals surface area contributed by atoms with Crippen LogP contribution < -0.4 is 10.1 Å². The van der Waals surface area contributed by atoms with E-state index in [1.165, 1.54) is 18.3 Å². The first-order valence-corrected chi connectivity index (χ1v) is 9.87. The molecule has 8 nitrogen and oxygen atoms in total. The number of hydrogen-bond acceptors (Lipinski definition) is 7. The van der Waals surface area contributed by atoms with Crippen molar-refractivity contribution in [1.82, 2.24) is 15.5 Å². The lowest BCUT2D eigenvalue weighted by Gasteiger charge is -2.12. The number of nitrogens with zero attached hydrogens (tertiary/aromatic N) is 2. The van der Waals surface area contributed by atoms with Crippen LogP contribution in [-0.2, 0) is 13.2 Å². The Bertz CT molecular complexity index is 985. The Hall–Kier alpha value is -3.30. The maximum atomic E-state index is 13.2. The summed E-state index contributed by atoms with van der Waals surface area (Å²) in [4.78, 5) is 16.3. The highest BCUT2D eigenvalue weighted by molar-refractivity contribution is 5.93. The highest BCUT2D eigenvalue weighted by atomic mass is 19.1. The van der Waals surface area contributed by atoms with Crippen molar-refractivity contribution < 1.29 is 28.7 Å². The van der Waals surface area contributed by atoms with E-state index >= 15 is 0 Å². The summed E-state index contributed by atoms with van der Waals surface area (Å²) in [6.07, 6.45) is 2.16. The molecule has 0 radical (unpaired) electrons. The Kier molecular flexibility index (Phi) is 7.69. The molecule has 1 atom stereocenters. The van der Waals surface area contributed by atoms with E-state index < -0.39 is 0 Å². The number of carbonyl (C=O) groups excluding carboxylic acids is 1. The van der Waals surface area contributed by atoms with E-state index in [4.69, 9.17) is 9.26 Å². The minimum atomic E-state index is -0.373. The van der Waals surface area contributed by atoms with E-state index in [9.17, 15) is 19.4 Å². The smallest absolute Gasteiger partial charge is 0.252 e. The zero-order valence-electron chi connectivity index (χ0n) is 17.0. The van der Waals surface area contributed by atoms with Gasteiger partial charge in [0.15, 0.2) is 5.76 Å². The fourth-order valence-corrected chi connectivity index (χ4v) is 2.87. The first-order chi connectivity index (χ1) is 15.0. The molecule has 3 N–H and O–H groups in total. The molecule has 1 unspecified atom stereocenters. The molecule has 0 spiro atoms. The van der Waals surface area contributed by atoms with Crippen molar-refractivity contribution >= 4 is 5.91 Å². The predicted molar refractivity (Wildman–Crippen MR) is 110 cm³/mol. The van der Waals surface area contributed by atoms with Gasteiger partial charge in [-0.1, -0.05) is 12.1 Å². The lowest BCUT2D eigenvalue weighted by Crippen LogP contribution is -2.30. The number of carbonyl (C=O) groups is 1. The summed E-state index contributed by atoms with van der Waals surface area (Å²) < 4.78 is 24.1. The number of aliphatic hydroxyl groups excluding tert-OH is 2. The Labute approximate surface area is 178 Å². The summed E-state index contributed by atoms with van der Waals surface area (Å²) in [6, 6.07) is 8.87. The zero-order valence-corrected chi connectivity index (χ0v) is 17.0. The molecular formula is C22H24FN3O5. The van der Waals surface area contributed by atoms with Crippen LogP contribution in [-0.4, -0.2) is 39.4 Å². The van der Waals surface area contributed by atoms with Crippen LogP contribution in [0.25, 0.3) is 11.3 Å². The molecule has 0 aliphatic rings. The number of aliphatic hydroxyl groups is 2. The molecule has 0 aliphatic carbocycles. The first-order valence-electron chi connectivity index (χ1n) is 9.87. The third kappa shape index (κ3) is 5.65. The molecule has 2 aromatic heterocycles. The van der Waals surface area contributed by atoms with E-state index in [0.717, 1.165) is 6.42 Å². The van der Waals surface area contributed by atoms with E-state index in [1.54, 1.807) is 24.3 Å². The second kappa shape index (κ2) is 10.6. The van der Waals surface area contributed by atoms with Gasteiger partial charge in [-0.15, -0.1) is 0 Å². The van der Waals surface area contributed by atoms with Crippen molar-refractivity contribution in [3.63, 3.8) is 0 Å². The molecule has 0 saturated carbocycles. The summed E-state index contributed by atoms with van der Waals surface area (Å²) >= 11 is 0. The average Bonchev–Trinajstić information content (AvgIpc) is 3.22. The number of benzene rings is 1. The predicted octanol–water partition coefficient (Wildman–Crippen LogP) is 2.70. The van der Waals surface area contributed by atoms with Crippen molar-refractivity contribution in [2.75, 3.05) is 13.2 Å². The molecule has 3 aromatic rings. The number of hydrogen-bond donors (Lipinski definition) is 3. The fourth-order valence-electron chi connectivity index (χ4n) is 2.87. The van der Waals surface area contributed by atoms with Crippen LogP contribution in [0.5, 0.6) is 5.88 Å². The Balaban J connectivity index is 1.66. The van der Waals surface area contributed by atoms with Crippen molar-refractivity contribution in [3.8, 4) is 17.1 Å². The summed E-state index contributed by atoms with van der Waals surface area (Å²) in [5, 5.41) is 25.4. The summed E-state index contributed by atoms with van der Waals surface area (Å²) in [7, 11) is 0. The molecule has 164 valence electrons. The average molecular weight is 429 g/mol. The molecule has 2 heterocycles. The van der Waals surface area contributed by atoms with Crippen molar-refractivity contribution in [2.24, 2.45) is 5.92 Å². The van der Waals surface area contributed by atoms with E-state index in [-0.39, 0.29) is 49.1 Å². The maximum Gasteiger partial charge on any atom is 0.252 e. The lowest BCUT2D eigenvalue weighted by molar-refractivity contribution is 0.0939. The molecule has 1 amide bonds. The van der Waals surface area contributed by atoms with Crippen molar-refractivity contribution in [3.05, 3.63) is 65.3 Å². The number of aromatic nitrogens is 2. The molecular weight excluding hydrogens is 405 g/mol. The van der Waals surface area contributed by atoms with Crippen LogP contribution in [0.2, 0.25) is 0 Å². The highest BCUT2D eigenvalue weighted by Crippen LogP contribution is 2.27. The van der Waals surface area contributed by atoms with Crippen LogP contribution in [0.1, 0.15) is 35.0 Å². The summed E-state index contributed by atoms with van der Waals surface area (Å²) in [6.45, 7) is 1.99. The Morgan fingerprint density at radius 2 is 2.00 bits per heavy atom. The third-order valence-electron chi connectivity index (χ3n) is 4.88. The molecule has 9 heteroatoms. The monoisotopic (exact) mass is 429 g/mol. The van der Waals surface area contributed by atoms with Crippen LogP contribution in [0.4, 0.5) is 4.39 Å². The normalized spacial score (nSPS) is 11.9. The molecule has 0 fully saturated rings. The van der Waals surface area contributed by atoms with Gasteiger partial charge in [0.1, 0.15) is 24.7 Å². The van der Waals surface area contributed by atoms with Crippen LogP contribution >= 0.6 is 0 Å².